The number of thioether (sulfide) groups is 1. The van der Waals surface area contributed by atoms with Gasteiger partial charge in [-0.25, -0.2) is 0 Å². The van der Waals surface area contributed by atoms with E-state index >= 15 is 0 Å². The summed E-state index contributed by atoms with van der Waals surface area (Å²) in [5.41, 5.74) is 1.72. The fraction of sp³-hybridized carbons (Fsp3) is 0.385. The van der Waals surface area contributed by atoms with Gasteiger partial charge in [-0.3, -0.25) is 9.79 Å². The van der Waals surface area contributed by atoms with Crippen molar-refractivity contribution in [2.45, 2.75) is 26.3 Å². The van der Waals surface area contributed by atoms with E-state index in [1.54, 1.807) is 18.7 Å². The average molecular weight is 248 g/mol. The molecule has 0 fully saturated rings. The van der Waals surface area contributed by atoms with Gasteiger partial charge < -0.3 is 5.32 Å². The zero-order chi connectivity index (χ0) is 12.3. The fourth-order valence-corrected chi connectivity index (χ4v) is 2.71. The molecule has 1 unspecified atom stereocenters. The molecule has 1 aromatic rings. The molecule has 0 saturated carbocycles. The number of anilines is 1. The first-order chi connectivity index (χ1) is 8.15. The van der Waals surface area contributed by atoms with Crippen molar-refractivity contribution in [3.05, 3.63) is 29.8 Å². The molecule has 1 aromatic carbocycles. The number of aliphatic imine (C=N–C) groups is 1. The Bertz CT molecular complexity index is 439. The molecule has 0 saturated heterocycles. The van der Waals surface area contributed by atoms with Crippen molar-refractivity contribution < 1.29 is 4.79 Å². The smallest absolute Gasteiger partial charge is 0.161 e. The molecule has 1 atom stereocenters. The summed E-state index contributed by atoms with van der Waals surface area (Å²) >= 11 is 1.74. The van der Waals surface area contributed by atoms with Gasteiger partial charge in [0.1, 0.15) is 0 Å². The molecule has 1 aliphatic rings. The van der Waals surface area contributed by atoms with E-state index in [0.29, 0.717) is 6.04 Å². The van der Waals surface area contributed by atoms with E-state index < -0.39 is 0 Å². The summed E-state index contributed by atoms with van der Waals surface area (Å²) in [6.45, 7) is 3.70. The molecular weight excluding hydrogens is 232 g/mol. The molecule has 1 N–H and O–H groups in total. The molecule has 4 heteroatoms. The number of carbonyl (C=O) groups excluding carboxylic acids is 1. The molecular formula is C13H16N2OS. The van der Waals surface area contributed by atoms with E-state index in [-0.39, 0.29) is 5.78 Å². The van der Waals surface area contributed by atoms with Gasteiger partial charge in [0.25, 0.3) is 0 Å². The molecule has 0 radical (unpaired) electrons. The van der Waals surface area contributed by atoms with Gasteiger partial charge in [-0.15, -0.1) is 0 Å². The molecule has 17 heavy (non-hydrogen) atoms. The number of hydrogen-bond acceptors (Lipinski definition) is 4. The first-order valence-corrected chi connectivity index (χ1v) is 6.72. The number of ketones is 1. The molecule has 1 aliphatic heterocycles. The number of benzene rings is 1. The number of amidine groups is 1. The lowest BCUT2D eigenvalue weighted by Crippen LogP contribution is -2.17. The van der Waals surface area contributed by atoms with Gasteiger partial charge in [0, 0.05) is 17.0 Å². The molecule has 0 spiro atoms. The van der Waals surface area contributed by atoms with Gasteiger partial charge in [-0.05, 0) is 44.5 Å². The zero-order valence-electron chi connectivity index (χ0n) is 10.1. The Morgan fingerprint density at radius 3 is 2.71 bits per heavy atom. The summed E-state index contributed by atoms with van der Waals surface area (Å²) in [5.74, 6) is 1.20. The van der Waals surface area contributed by atoms with Crippen LogP contribution in [0.1, 0.15) is 30.6 Å². The maximum atomic E-state index is 11.1. The van der Waals surface area contributed by atoms with E-state index in [4.69, 9.17) is 0 Å². The Kier molecular flexibility index (Phi) is 3.84. The van der Waals surface area contributed by atoms with Crippen LogP contribution in [0.2, 0.25) is 0 Å². The third-order valence-corrected chi connectivity index (χ3v) is 3.58. The minimum absolute atomic E-state index is 0.0922. The van der Waals surface area contributed by atoms with Gasteiger partial charge in [0.2, 0.25) is 0 Å². The Balaban J connectivity index is 2.06. The summed E-state index contributed by atoms with van der Waals surface area (Å²) < 4.78 is 0. The van der Waals surface area contributed by atoms with Gasteiger partial charge in [-0.2, -0.15) is 0 Å². The summed E-state index contributed by atoms with van der Waals surface area (Å²) in [6, 6.07) is 7.90. The number of Topliss-reactive ketones (excluding diaryl/α,β-unsaturated/α-hetero) is 1. The standard InChI is InChI=1S/C13H16N2OS/c1-9-7-8-17-13(14-9)15-12-5-3-11(4-6-12)10(2)16/h3-6,9H,7-8H2,1-2H3,(H,14,15). The monoisotopic (exact) mass is 248 g/mol. The highest BCUT2D eigenvalue weighted by Gasteiger charge is 2.11. The number of carbonyl (C=O) groups is 1. The summed E-state index contributed by atoms with van der Waals surface area (Å²) in [6.07, 6.45) is 1.14. The molecule has 0 bridgehead atoms. The highest BCUT2D eigenvalue weighted by atomic mass is 32.2. The first kappa shape index (κ1) is 12.2. The highest BCUT2D eigenvalue weighted by Crippen LogP contribution is 2.19. The SMILES string of the molecule is CC(=O)c1ccc(NC2=NC(C)CCS2)cc1. The predicted octanol–water partition coefficient (Wildman–Crippen LogP) is 3.18. The van der Waals surface area contributed by atoms with Crippen LogP contribution in [0.25, 0.3) is 0 Å². The largest absolute Gasteiger partial charge is 0.335 e. The number of hydrogen-bond donors (Lipinski definition) is 1. The normalized spacial score (nSPS) is 19.6. The third-order valence-electron chi connectivity index (χ3n) is 2.65. The van der Waals surface area contributed by atoms with Gasteiger partial charge in [-0.1, -0.05) is 11.8 Å². The van der Waals surface area contributed by atoms with Crippen LogP contribution in [0.15, 0.2) is 29.3 Å². The van der Waals surface area contributed by atoms with Gasteiger partial charge >= 0.3 is 0 Å². The minimum atomic E-state index is 0.0922. The maximum absolute atomic E-state index is 11.1. The van der Waals surface area contributed by atoms with Crippen LogP contribution in [0.4, 0.5) is 5.69 Å². The van der Waals surface area contributed by atoms with E-state index in [2.05, 4.69) is 17.2 Å². The number of nitrogens with zero attached hydrogens (tertiary/aromatic N) is 1. The van der Waals surface area contributed by atoms with E-state index in [9.17, 15) is 4.79 Å². The molecule has 0 amide bonds. The summed E-state index contributed by atoms with van der Waals surface area (Å²) in [4.78, 5) is 15.7. The van der Waals surface area contributed by atoms with Gasteiger partial charge in [0.15, 0.2) is 11.0 Å². The van der Waals surface area contributed by atoms with Crippen LogP contribution in [-0.4, -0.2) is 22.7 Å². The molecule has 90 valence electrons. The number of nitrogens with one attached hydrogen (secondary N) is 1. The predicted molar refractivity (Wildman–Crippen MR) is 74.0 cm³/mol. The molecule has 0 aromatic heterocycles. The van der Waals surface area contributed by atoms with Crippen molar-refractivity contribution in [2.75, 3.05) is 11.1 Å². The number of rotatable bonds is 2. The van der Waals surface area contributed by atoms with Crippen LogP contribution in [-0.2, 0) is 0 Å². The second-order valence-electron chi connectivity index (χ2n) is 4.18. The van der Waals surface area contributed by atoms with Crippen LogP contribution < -0.4 is 5.32 Å². The fourth-order valence-electron chi connectivity index (χ4n) is 1.61. The lowest BCUT2D eigenvalue weighted by Gasteiger charge is -2.17. The molecule has 1 heterocycles. The highest BCUT2D eigenvalue weighted by molar-refractivity contribution is 8.14. The van der Waals surface area contributed by atoms with E-state index in [1.807, 2.05) is 24.3 Å². The summed E-state index contributed by atoms with van der Waals surface area (Å²) in [5, 5.41) is 4.25. The van der Waals surface area contributed by atoms with Crippen molar-refractivity contribution in [3.63, 3.8) is 0 Å². The lowest BCUT2D eigenvalue weighted by molar-refractivity contribution is 0.101. The first-order valence-electron chi connectivity index (χ1n) is 5.74. The van der Waals surface area contributed by atoms with Crippen molar-refractivity contribution in [2.24, 2.45) is 4.99 Å². The Morgan fingerprint density at radius 1 is 1.41 bits per heavy atom. The van der Waals surface area contributed by atoms with Crippen LogP contribution in [0.3, 0.4) is 0 Å². The Labute approximate surface area is 106 Å². The van der Waals surface area contributed by atoms with Crippen molar-refractivity contribution in [3.8, 4) is 0 Å². The second-order valence-corrected chi connectivity index (χ2v) is 5.26. The topological polar surface area (TPSA) is 41.5 Å². The maximum Gasteiger partial charge on any atom is 0.161 e. The van der Waals surface area contributed by atoms with Gasteiger partial charge in [0.05, 0.1) is 6.04 Å². The zero-order valence-corrected chi connectivity index (χ0v) is 10.9. The second kappa shape index (κ2) is 5.36. The van der Waals surface area contributed by atoms with E-state index in [0.717, 1.165) is 28.6 Å². The quantitative estimate of drug-likeness (QED) is 0.817. The molecule has 2 rings (SSSR count). The van der Waals surface area contributed by atoms with Crippen LogP contribution in [0.5, 0.6) is 0 Å². The molecule has 3 nitrogen and oxygen atoms in total. The van der Waals surface area contributed by atoms with Crippen molar-refractivity contribution >= 4 is 28.4 Å². The lowest BCUT2D eigenvalue weighted by atomic mass is 10.1. The summed E-state index contributed by atoms with van der Waals surface area (Å²) in [7, 11) is 0. The van der Waals surface area contributed by atoms with Crippen LogP contribution in [0, 0.1) is 0 Å². The third kappa shape index (κ3) is 3.33. The minimum Gasteiger partial charge on any atom is -0.335 e. The van der Waals surface area contributed by atoms with Crippen LogP contribution >= 0.6 is 11.8 Å². The average Bonchev–Trinajstić information content (AvgIpc) is 2.29. The Hall–Kier alpha value is -1.29. The van der Waals surface area contributed by atoms with Crippen molar-refractivity contribution in [1.29, 1.82) is 0 Å². The van der Waals surface area contributed by atoms with E-state index in [1.165, 1.54) is 0 Å². The molecule has 0 aliphatic carbocycles. The Morgan fingerprint density at radius 2 is 2.12 bits per heavy atom. The van der Waals surface area contributed by atoms with Crippen molar-refractivity contribution in [1.82, 2.24) is 0 Å².